The van der Waals surface area contributed by atoms with Gasteiger partial charge in [0.25, 0.3) is 0 Å². The number of likely N-dealkylation sites (tertiary alicyclic amines) is 1. The molecule has 31 heavy (non-hydrogen) atoms. The van der Waals surface area contributed by atoms with E-state index < -0.39 is 0 Å². The Morgan fingerprint density at radius 2 is 1.94 bits per heavy atom. The highest BCUT2D eigenvalue weighted by Crippen LogP contribution is 2.33. The topological polar surface area (TPSA) is 41.4 Å². The number of carbonyl (C=O) groups excluding carboxylic acids is 1. The van der Waals surface area contributed by atoms with Crippen LogP contribution >= 0.6 is 0 Å². The summed E-state index contributed by atoms with van der Waals surface area (Å²) in [4.78, 5) is 22.5. The number of nitrogens with zero attached hydrogens (tertiary/aromatic N) is 4. The maximum atomic E-state index is 12.8. The number of amides is 1. The minimum absolute atomic E-state index is 0.308. The molecule has 1 atom stereocenters. The van der Waals surface area contributed by atoms with Crippen molar-refractivity contribution in [2.24, 2.45) is 5.92 Å². The largest absolute Gasteiger partial charge is 0.342 e. The summed E-state index contributed by atoms with van der Waals surface area (Å²) in [5.41, 5.74) is 3.74. The molecule has 2 aliphatic carbocycles. The van der Waals surface area contributed by atoms with Gasteiger partial charge in [-0.3, -0.25) is 4.79 Å². The van der Waals surface area contributed by atoms with Gasteiger partial charge in [-0.2, -0.15) is 0 Å². The van der Waals surface area contributed by atoms with E-state index in [0.717, 1.165) is 63.4 Å². The molecule has 0 radical (unpaired) electrons. The van der Waals surface area contributed by atoms with Crippen molar-refractivity contribution in [1.82, 2.24) is 19.4 Å². The fourth-order valence-corrected chi connectivity index (χ4v) is 5.64. The zero-order valence-corrected chi connectivity index (χ0v) is 19.4. The molecule has 1 aromatic carbocycles. The molecular weight excluding hydrogens is 384 g/mol. The zero-order valence-electron chi connectivity index (χ0n) is 19.4. The van der Waals surface area contributed by atoms with Gasteiger partial charge in [-0.25, -0.2) is 4.98 Å². The average molecular weight is 423 g/mol. The summed E-state index contributed by atoms with van der Waals surface area (Å²) in [6.45, 7) is 6.10. The average Bonchev–Trinajstić information content (AvgIpc) is 3.06. The quantitative estimate of drug-likeness (QED) is 0.655. The van der Waals surface area contributed by atoms with E-state index in [1.165, 1.54) is 49.0 Å². The predicted molar refractivity (Wildman–Crippen MR) is 125 cm³/mol. The Kier molecular flexibility index (Phi) is 6.05. The van der Waals surface area contributed by atoms with Crippen molar-refractivity contribution in [3.05, 3.63) is 29.6 Å². The number of imidazole rings is 1. The molecular formula is C26H38N4O. The second-order valence-corrected chi connectivity index (χ2v) is 10.1. The molecule has 0 N–H and O–H groups in total. The van der Waals surface area contributed by atoms with E-state index in [9.17, 15) is 4.79 Å². The predicted octanol–water partition coefficient (Wildman–Crippen LogP) is 4.59. The molecule has 1 unspecified atom stereocenters. The smallest absolute Gasteiger partial charge is 0.225 e. The van der Waals surface area contributed by atoms with Crippen LogP contribution in [0.2, 0.25) is 0 Å². The Labute approximate surface area is 186 Å². The summed E-state index contributed by atoms with van der Waals surface area (Å²) in [6, 6.07) is 7.65. The minimum atomic E-state index is 0.308. The highest BCUT2D eigenvalue weighted by atomic mass is 16.2. The maximum absolute atomic E-state index is 12.8. The molecule has 3 fully saturated rings. The standard InChI is InChI=1S/C26H38N4O/c1-3-30-24-13-12-20(21-9-6-15-29(18-21)26(31)19-7-4-8-19)17-23(24)27-25(30)14-16-28(2)22-10-5-11-22/h12-13,17,19,21-22H,3-11,14-16,18H2,1-2H3. The first-order valence-corrected chi connectivity index (χ1v) is 12.6. The number of piperidine rings is 1. The van der Waals surface area contributed by atoms with E-state index >= 15 is 0 Å². The molecule has 1 saturated heterocycles. The summed E-state index contributed by atoms with van der Waals surface area (Å²) >= 11 is 0. The normalized spacial score (nSPS) is 22.7. The summed E-state index contributed by atoms with van der Waals surface area (Å²) in [7, 11) is 2.26. The molecule has 0 bridgehead atoms. The number of likely N-dealkylation sites (N-methyl/N-ethyl adjacent to an activating group) is 1. The van der Waals surface area contributed by atoms with Gasteiger partial charge in [0.2, 0.25) is 5.91 Å². The number of rotatable bonds is 7. The lowest BCUT2D eigenvalue weighted by molar-refractivity contribution is -0.139. The third-order valence-corrected chi connectivity index (χ3v) is 8.21. The number of carbonyl (C=O) groups is 1. The van der Waals surface area contributed by atoms with Gasteiger partial charge in [-0.05, 0) is 70.2 Å². The molecule has 1 aliphatic heterocycles. The lowest BCUT2D eigenvalue weighted by Gasteiger charge is -2.37. The molecule has 1 amide bonds. The number of aromatic nitrogens is 2. The van der Waals surface area contributed by atoms with Crippen molar-refractivity contribution in [3.8, 4) is 0 Å². The Morgan fingerprint density at radius 3 is 2.61 bits per heavy atom. The maximum Gasteiger partial charge on any atom is 0.225 e. The van der Waals surface area contributed by atoms with Crippen LogP contribution < -0.4 is 0 Å². The van der Waals surface area contributed by atoms with Gasteiger partial charge in [-0.1, -0.05) is 18.9 Å². The Hall–Kier alpha value is -1.88. The Morgan fingerprint density at radius 1 is 1.13 bits per heavy atom. The van der Waals surface area contributed by atoms with Crippen LogP contribution in [0.15, 0.2) is 18.2 Å². The fourth-order valence-electron chi connectivity index (χ4n) is 5.64. The van der Waals surface area contributed by atoms with E-state index in [1.54, 1.807) is 0 Å². The number of hydrogen-bond donors (Lipinski definition) is 0. The van der Waals surface area contributed by atoms with Crippen molar-refractivity contribution < 1.29 is 4.79 Å². The highest BCUT2D eigenvalue weighted by Gasteiger charge is 2.32. The SMILES string of the molecule is CCn1c(CCN(C)C2CCC2)nc2cc(C3CCCN(C(=O)C4CCC4)C3)ccc21. The number of benzene rings is 1. The fraction of sp³-hybridized carbons (Fsp3) is 0.692. The molecule has 5 nitrogen and oxygen atoms in total. The van der Waals surface area contributed by atoms with Gasteiger partial charge in [0.15, 0.2) is 0 Å². The third kappa shape index (κ3) is 4.13. The van der Waals surface area contributed by atoms with Gasteiger partial charge in [0, 0.05) is 50.5 Å². The Bertz CT molecular complexity index is 927. The number of fused-ring (bicyclic) bond motifs is 1. The number of aryl methyl sites for hydroxylation is 1. The molecule has 2 saturated carbocycles. The molecule has 1 aromatic heterocycles. The minimum Gasteiger partial charge on any atom is -0.342 e. The first-order chi connectivity index (χ1) is 15.1. The molecule has 168 valence electrons. The van der Waals surface area contributed by atoms with Crippen LogP contribution in [0.5, 0.6) is 0 Å². The van der Waals surface area contributed by atoms with Crippen LogP contribution in [-0.4, -0.2) is 58.0 Å². The van der Waals surface area contributed by atoms with E-state index in [0.29, 0.717) is 17.7 Å². The van der Waals surface area contributed by atoms with Crippen LogP contribution in [0.3, 0.4) is 0 Å². The lowest BCUT2D eigenvalue weighted by Crippen LogP contribution is -2.44. The summed E-state index contributed by atoms with van der Waals surface area (Å²) in [5, 5.41) is 0. The van der Waals surface area contributed by atoms with Crippen molar-refractivity contribution in [3.63, 3.8) is 0 Å². The van der Waals surface area contributed by atoms with Crippen molar-refractivity contribution >= 4 is 16.9 Å². The van der Waals surface area contributed by atoms with Crippen LogP contribution in [0.1, 0.15) is 75.6 Å². The molecule has 0 spiro atoms. The molecule has 2 heterocycles. The van der Waals surface area contributed by atoms with Crippen LogP contribution in [0.4, 0.5) is 0 Å². The molecule has 5 rings (SSSR count). The van der Waals surface area contributed by atoms with Gasteiger partial charge < -0.3 is 14.4 Å². The van der Waals surface area contributed by atoms with Gasteiger partial charge in [0.1, 0.15) is 5.82 Å². The Balaban J connectivity index is 1.31. The highest BCUT2D eigenvalue weighted by molar-refractivity contribution is 5.80. The van der Waals surface area contributed by atoms with Gasteiger partial charge in [-0.15, -0.1) is 0 Å². The van der Waals surface area contributed by atoms with Gasteiger partial charge >= 0.3 is 0 Å². The van der Waals surface area contributed by atoms with Crippen molar-refractivity contribution in [1.29, 1.82) is 0 Å². The van der Waals surface area contributed by atoms with E-state index in [2.05, 4.69) is 46.5 Å². The van der Waals surface area contributed by atoms with Crippen LogP contribution in [0.25, 0.3) is 11.0 Å². The second-order valence-electron chi connectivity index (χ2n) is 10.1. The molecule has 3 aliphatic rings. The first-order valence-electron chi connectivity index (χ1n) is 12.6. The first kappa shape index (κ1) is 21.0. The summed E-state index contributed by atoms with van der Waals surface area (Å²) in [6.07, 6.45) is 10.8. The molecule has 2 aromatic rings. The zero-order chi connectivity index (χ0) is 21.4. The molecule has 5 heteroatoms. The monoisotopic (exact) mass is 422 g/mol. The van der Waals surface area contributed by atoms with E-state index in [-0.39, 0.29) is 0 Å². The van der Waals surface area contributed by atoms with Crippen molar-refractivity contribution in [2.45, 2.75) is 83.2 Å². The van der Waals surface area contributed by atoms with Crippen LogP contribution in [-0.2, 0) is 17.8 Å². The summed E-state index contributed by atoms with van der Waals surface area (Å²) in [5.74, 6) is 2.38. The van der Waals surface area contributed by atoms with Gasteiger partial charge in [0.05, 0.1) is 11.0 Å². The third-order valence-electron chi connectivity index (χ3n) is 8.21. The van der Waals surface area contributed by atoms with Crippen molar-refractivity contribution in [2.75, 3.05) is 26.7 Å². The summed E-state index contributed by atoms with van der Waals surface area (Å²) < 4.78 is 2.39. The van der Waals surface area contributed by atoms with E-state index in [4.69, 9.17) is 4.98 Å². The van der Waals surface area contributed by atoms with Crippen LogP contribution in [0, 0.1) is 5.92 Å². The second kappa shape index (κ2) is 8.93. The number of hydrogen-bond acceptors (Lipinski definition) is 3. The van der Waals surface area contributed by atoms with E-state index in [1.807, 2.05) is 0 Å². The lowest BCUT2D eigenvalue weighted by atomic mass is 9.83.